The van der Waals surface area contributed by atoms with Crippen LogP contribution in [0.4, 0.5) is 0 Å². The first-order chi connectivity index (χ1) is 11.1. The third kappa shape index (κ3) is 3.89. The van der Waals surface area contributed by atoms with Crippen LogP contribution in [0.1, 0.15) is 17.0 Å². The summed E-state index contributed by atoms with van der Waals surface area (Å²) >= 11 is 18.6. The fourth-order valence-electron chi connectivity index (χ4n) is 2.45. The monoisotopic (exact) mass is 369 g/mol. The molecule has 120 valence electrons. The molecule has 1 atom stereocenters. The number of ether oxygens (including phenoxy) is 1. The minimum atomic E-state index is -0.0840. The first-order valence-corrected chi connectivity index (χ1v) is 8.24. The summed E-state index contributed by atoms with van der Waals surface area (Å²) in [5.74, 6) is -0.0840. The Morgan fingerprint density at radius 2 is 2.09 bits per heavy atom. The summed E-state index contributed by atoms with van der Waals surface area (Å²) in [4.78, 5) is 8.40. The predicted octanol–water partition coefficient (Wildman–Crippen LogP) is 4.15. The minimum absolute atomic E-state index is 0.0840. The second-order valence-electron chi connectivity index (χ2n) is 5.05. The third-order valence-corrected chi connectivity index (χ3v) is 4.57. The van der Waals surface area contributed by atoms with E-state index in [0.29, 0.717) is 40.8 Å². The highest BCUT2D eigenvalue weighted by atomic mass is 35.5. The smallest absolute Gasteiger partial charge is 0.284 e. The molecule has 23 heavy (non-hydrogen) atoms. The fourth-order valence-corrected chi connectivity index (χ4v) is 3.07. The number of aliphatic imine (C=N–C) groups is 1. The number of benzene rings is 1. The summed E-state index contributed by atoms with van der Waals surface area (Å²) in [5.41, 5.74) is 1.84. The zero-order chi connectivity index (χ0) is 16.2. The predicted molar refractivity (Wildman–Crippen MR) is 93.8 cm³/mol. The molecule has 0 aliphatic carbocycles. The summed E-state index contributed by atoms with van der Waals surface area (Å²) in [6.45, 7) is 1.81. The van der Waals surface area contributed by atoms with Crippen molar-refractivity contribution in [3.63, 3.8) is 0 Å². The van der Waals surface area contributed by atoms with Crippen molar-refractivity contribution in [2.24, 2.45) is 4.99 Å². The van der Waals surface area contributed by atoms with Crippen LogP contribution in [0.15, 0.2) is 41.7 Å². The average molecular weight is 371 g/mol. The number of nitrogens with zero attached hydrogens (tertiary/aromatic N) is 2. The van der Waals surface area contributed by atoms with Crippen molar-refractivity contribution < 1.29 is 4.74 Å². The number of amidine groups is 1. The molecule has 2 heterocycles. The van der Waals surface area contributed by atoms with Crippen LogP contribution in [-0.4, -0.2) is 30.7 Å². The van der Waals surface area contributed by atoms with Gasteiger partial charge in [-0.1, -0.05) is 46.9 Å². The highest BCUT2D eigenvalue weighted by Gasteiger charge is 2.20. The third-order valence-electron chi connectivity index (χ3n) is 3.53. The van der Waals surface area contributed by atoms with Crippen LogP contribution >= 0.6 is 34.8 Å². The molecule has 0 bridgehead atoms. The molecule has 1 aliphatic rings. The van der Waals surface area contributed by atoms with Crippen LogP contribution in [0.2, 0.25) is 15.1 Å². The second kappa shape index (κ2) is 7.39. The summed E-state index contributed by atoms with van der Waals surface area (Å²) < 4.78 is 5.39. The van der Waals surface area contributed by atoms with Gasteiger partial charge in [0.1, 0.15) is 6.61 Å². The topological polar surface area (TPSA) is 46.5 Å². The van der Waals surface area contributed by atoms with Gasteiger partial charge in [-0.05, 0) is 23.3 Å². The van der Waals surface area contributed by atoms with Gasteiger partial charge in [0.25, 0.3) is 6.02 Å². The fraction of sp³-hybridized carbons (Fsp3) is 0.250. The van der Waals surface area contributed by atoms with Gasteiger partial charge < -0.3 is 10.1 Å². The molecule has 0 saturated heterocycles. The lowest BCUT2D eigenvalue weighted by Crippen LogP contribution is -2.29. The van der Waals surface area contributed by atoms with E-state index in [1.165, 1.54) is 0 Å². The zero-order valence-corrected chi connectivity index (χ0v) is 14.4. The standard InChI is InChI=1S/C16H14Cl3N3O/c17-11-6-10(7-20-8-11)13(9-22-16-21-4-5-23-16)12-2-1-3-14(18)15(12)19/h1-3,6-8,13H,4-5,9H2,(H,21,22). The van der Waals surface area contributed by atoms with Gasteiger partial charge >= 0.3 is 0 Å². The van der Waals surface area contributed by atoms with Gasteiger partial charge in [0, 0.05) is 24.9 Å². The van der Waals surface area contributed by atoms with Crippen molar-refractivity contribution >= 4 is 40.8 Å². The summed E-state index contributed by atoms with van der Waals surface area (Å²) in [6.07, 6.45) is 3.37. The Hall–Kier alpha value is -1.49. The molecule has 1 N–H and O–H groups in total. The average Bonchev–Trinajstić information content (AvgIpc) is 3.05. The van der Waals surface area contributed by atoms with Gasteiger partial charge in [-0.25, -0.2) is 4.99 Å². The molecular weight excluding hydrogens is 357 g/mol. The van der Waals surface area contributed by atoms with Crippen molar-refractivity contribution in [3.8, 4) is 0 Å². The van der Waals surface area contributed by atoms with E-state index in [0.717, 1.165) is 11.1 Å². The van der Waals surface area contributed by atoms with E-state index < -0.39 is 0 Å². The number of pyridine rings is 1. The van der Waals surface area contributed by atoms with E-state index in [1.807, 2.05) is 18.2 Å². The Bertz CT molecular complexity index is 736. The maximum absolute atomic E-state index is 6.40. The van der Waals surface area contributed by atoms with Gasteiger partial charge in [0.05, 0.1) is 21.6 Å². The van der Waals surface area contributed by atoms with Gasteiger partial charge in [-0.3, -0.25) is 4.98 Å². The molecule has 1 aromatic carbocycles. The van der Waals surface area contributed by atoms with E-state index >= 15 is 0 Å². The molecule has 7 heteroatoms. The van der Waals surface area contributed by atoms with Crippen LogP contribution in [0.25, 0.3) is 0 Å². The second-order valence-corrected chi connectivity index (χ2v) is 6.27. The minimum Gasteiger partial charge on any atom is -0.463 e. The number of aromatic nitrogens is 1. The molecule has 0 amide bonds. The van der Waals surface area contributed by atoms with Crippen LogP contribution in [0.3, 0.4) is 0 Å². The lowest BCUT2D eigenvalue weighted by atomic mass is 9.92. The Kier molecular flexibility index (Phi) is 5.26. The maximum atomic E-state index is 6.40. The number of halogens is 3. The molecule has 1 aliphatic heterocycles. The zero-order valence-electron chi connectivity index (χ0n) is 12.1. The number of nitrogens with one attached hydrogen (secondary N) is 1. The Morgan fingerprint density at radius 1 is 1.22 bits per heavy atom. The lowest BCUT2D eigenvalue weighted by Gasteiger charge is -2.20. The van der Waals surface area contributed by atoms with Gasteiger partial charge in [0.15, 0.2) is 0 Å². The summed E-state index contributed by atoms with van der Waals surface area (Å²) in [7, 11) is 0. The Morgan fingerprint density at radius 3 is 2.83 bits per heavy atom. The van der Waals surface area contributed by atoms with Gasteiger partial charge in [0.2, 0.25) is 0 Å². The number of rotatable bonds is 4. The van der Waals surface area contributed by atoms with Crippen LogP contribution in [-0.2, 0) is 4.74 Å². The molecule has 0 radical (unpaired) electrons. The molecule has 3 rings (SSSR count). The Balaban J connectivity index is 1.93. The molecule has 1 aromatic heterocycles. The molecule has 0 spiro atoms. The molecule has 4 nitrogen and oxygen atoms in total. The van der Waals surface area contributed by atoms with Gasteiger partial charge in [-0.2, -0.15) is 0 Å². The molecule has 0 fully saturated rings. The van der Waals surface area contributed by atoms with E-state index in [-0.39, 0.29) is 5.92 Å². The quantitative estimate of drug-likeness (QED) is 0.879. The molecular formula is C16H14Cl3N3O. The lowest BCUT2D eigenvalue weighted by molar-refractivity contribution is 0.331. The highest BCUT2D eigenvalue weighted by Crippen LogP contribution is 2.34. The summed E-state index contributed by atoms with van der Waals surface area (Å²) in [5, 5.41) is 4.81. The van der Waals surface area contributed by atoms with Crippen LogP contribution in [0.5, 0.6) is 0 Å². The first-order valence-electron chi connectivity index (χ1n) is 7.10. The first kappa shape index (κ1) is 16.4. The highest BCUT2D eigenvalue weighted by molar-refractivity contribution is 6.42. The molecule has 1 unspecified atom stereocenters. The number of hydrogen-bond donors (Lipinski definition) is 1. The largest absolute Gasteiger partial charge is 0.463 e. The summed E-state index contributed by atoms with van der Waals surface area (Å²) in [6, 6.07) is 7.99. The van der Waals surface area contributed by atoms with E-state index in [4.69, 9.17) is 39.5 Å². The normalized spacial score (nSPS) is 15.0. The van der Waals surface area contributed by atoms with Gasteiger partial charge in [-0.15, -0.1) is 0 Å². The van der Waals surface area contributed by atoms with Crippen molar-refractivity contribution in [1.82, 2.24) is 10.3 Å². The van der Waals surface area contributed by atoms with E-state index in [1.54, 1.807) is 18.5 Å². The van der Waals surface area contributed by atoms with E-state index in [9.17, 15) is 0 Å². The van der Waals surface area contributed by atoms with Crippen molar-refractivity contribution in [2.75, 3.05) is 19.7 Å². The number of hydrogen-bond acceptors (Lipinski definition) is 4. The molecule has 0 saturated carbocycles. The SMILES string of the molecule is Clc1cncc(C(CNC2=NCCO2)c2cccc(Cl)c2Cl)c1. The molecule has 2 aromatic rings. The van der Waals surface area contributed by atoms with Crippen LogP contribution in [0, 0.1) is 0 Å². The Labute approximate surface area is 149 Å². The van der Waals surface area contributed by atoms with Crippen molar-refractivity contribution in [1.29, 1.82) is 0 Å². The maximum Gasteiger partial charge on any atom is 0.284 e. The van der Waals surface area contributed by atoms with Crippen LogP contribution < -0.4 is 5.32 Å². The van der Waals surface area contributed by atoms with Crippen molar-refractivity contribution in [2.45, 2.75) is 5.92 Å². The van der Waals surface area contributed by atoms with E-state index in [2.05, 4.69) is 15.3 Å². The van der Waals surface area contributed by atoms with Crippen molar-refractivity contribution in [3.05, 3.63) is 62.9 Å².